The lowest BCUT2D eigenvalue weighted by Gasteiger charge is -2.10. The molecule has 4 rings (SSSR count). The van der Waals surface area contributed by atoms with E-state index in [1.807, 2.05) is 30.3 Å². The van der Waals surface area contributed by atoms with E-state index in [0.29, 0.717) is 0 Å². The van der Waals surface area contributed by atoms with Crippen molar-refractivity contribution in [1.29, 1.82) is 0 Å². The maximum Gasteiger partial charge on any atom is 0.119 e. The van der Waals surface area contributed by atoms with Gasteiger partial charge in [0.05, 0.1) is 6.61 Å². The average Bonchev–Trinajstić information content (AvgIpc) is 2.98. The van der Waals surface area contributed by atoms with Gasteiger partial charge in [-0.05, 0) is 77.6 Å². The second-order valence-corrected chi connectivity index (χ2v) is 9.05. The third-order valence-corrected chi connectivity index (χ3v) is 6.21. The number of rotatable bonds is 9. The highest BCUT2D eigenvalue weighted by Crippen LogP contribution is 2.28. The molecule has 0 aliphatic rings. The van der Waals surface area contributed by atoms with Gasteiger partial charge in [0.2, 0.25) is 0 Å². The van der Waals surface area contributed by atoms with Crippen LogP contribution in [0.1, 0.15) is 60.4 Å². The van der Waals surface area contributed by atoms with Crippen LogP contribution in [-0.2, 0) is 0 Å². The zero-order valence-electron chi connectivity index (χ0n) is 22.8. The molecule has 1 heteroatoms. The van der Waals surface area contributed by atoms with Crippen molar-refractivity contribution in [2.45, 2.75) is 39.5 Å². The highest BCUT2D eigenvalue weighted by Gasteiger charge is 2.07. The molecule has 0 unspecified atom stereocenters. The lowest BCUT2D eigenvalue weighted by Crippen LogP contribution is -1.96. The van der Waals surface area contributed by atoms with E-state index in [9.17, 15) is 0 Å². The molecule has 0 fully saturated rings. The van der Waals surface area contributed by atoms with E-state index in [0.717, 1.165) is 35.5 Å². The molecule has 0 N–H and O–H groups in total. The quantitative estimate of drug-likeness (QED) is 0.0965. The van der Waals surface area contributed by atoms with Gasteiger partial charge in [-0.2, -0.15) is 0 Å². The predicted octanol–water partition coefficient (Wildman–Crippen LogP) is 9.99. The van der Waals surface area contributed by atoms with Gasteiger partial charge < -0.3 is 4.74 Å². The van der Waals surface area contributed by atoms with E-state index in [4.69, 9.17) is 4.74 Å². The van der Waals surface area contributed by atoms with Gasteiger partial charge in [-0.15, -0.1) is 13.2 Å². The average molecular weight is 499 g/mol. The van der Waals surface area contributed by atoms with Gasteiger partial charge in [0.15, 0.2) is 0 Å². The van der Waals surface area contributed by atoms with Gasteiger partial charge in [-0.25, -0.2) is 0 Å². The molecule has 0 aliphatic carbocycles. The van der Waals surface area contributed by atoms with Gasteiger partial charge in [0.1, 0.15) is 5.75 Å². The Morgan fingerprint density at radius 1 is 0.684 bits per heavy atom. The molecule has 0 saturated heterocycles. The van der Waals surface area contributed by atoms with Gasteiger partial charge in [0, 0.05) is 11.1 Å². The monoisotopic (exact) mass is 498 g/mol. The fourth-order valence-corrected chi connectivity index (χ4v) is 4.11. The number of unbranched alkanes of at least 4 members (excludes halogenated alkanes) is 3. The molecule has 4 aromatic carbocycles. The van der Waals surface area contributed by atoms with Gasteiger partial charge in [-0.3, -0.25) is 0 Å². The van der Waals surface area contributed by atoms with Gasteiger partial charge in [0.25, 0.3) is 0 Å². The highest BCUT2D eigenvalue weighted by atomic mass is 16.5. The Morgan fingerprint density at radius 3 is 2.16 bits per heavy atom. The molecule has 0 atom stereocenters. The molecule has 0 radical (unpaired) electrons. The normalized spacial score (nSPS) is 10.3. The number of hydrogen-bond donors (Lipinski definition) is 0. The van der Waals surface area contributed by atoms with Crippen LogP contribution in [0, 0.1) is 18.8 Å². The summed E-state index contributed by atoms with van der Waals surface area (Å²) in [4.78, 5) is 0. The van der Waals surface area contributed by atoms with Crippen LogP contribution in [-0.4, -0.2) is 6.61 Å². The lowest BCUT2D eigenvalue weighted by molar-refractivity contribution is 0.305. The number of hydrogen-bond acceptors (Lipinski definition) is 1. The molecular weight excluding hydrogens is 460 g/mol. The molecular formula is C37H38O. The van der Waals surface area contributed by atoms with E-state index >= 15 is 0 Å². The van der Waals surface area contributed by atoms with E-state index in [1.54, 1.807) is 0 Å². The largest absolute Gasteiger partial charge is 0.494 e. The molecule has 0 amide bonds. The van der Waals surface area contributed by atoms with E-state index < -0.39 is 0 Å². The second-order valence-electron chi connectivity index (χ2n) is 9.05. The summed E-state index contributed by atoms with van der Waals surface area (Å²) >= 11 is 0. The van der Waals surface area contributed by atoms with Gasteiger partial charge in [-0.1, -0.05) is 111 Å². The molecule has 38 heavy (non-hydrogen) atoms. The Hall–Kier alpha value is -4.28. The van der Waals surface area contributed by atoms with Crippen LogP contribution in [0.25, 0.3) is 23.3 Å². The summed E-state index contributed by atoms with van der Waals surface area (Å²) in [6.45, 7) is 11.2. The highest BCUT2D eigenvalue weighted by molar-refractivity contribution is 5.78. The Bertz CT molecular complexity index is 1350. The van der Waals surface area contributed by atoms with Crippen LogP contribution < -0.4 is 4.74 Å². The first-order valence-corrected chi connectivity index (χ1v) is 13.4. The summed E-state index contributed by atoms with van der Waals surface area (Å²) < 4.78 is 5.87. The molecule has 0 heterocycles. The Balaban J connectivity index is 0.00000195. The van der Waals surface area contributed by atoms with E-state index in [2.05, 4.69) is 118 Å². The van der Waals surface area contributed by atoms with Gasteiger partial charge >= 0.3 is 0 Å². The number of aryl methyl sites for hydroxylation is 1. The van der Waals surface area contributed by atoms with Crippen LogP contribution in [0.3, 0.4) is 0 Å². The van der Waals surface area contributed by atoms with E-state index in [-0.39, 0.29) is 0 Å². The Labute approximate surface area is 229 Å². The maximum atomic E-state index is 5.87. The smallest absolute Gasteiger partial charge is 0.119 e. The molecule has 4 aromatic rings. The molecule has 0 aliphatic heterocycles. The molecule has 0 saturated carbocycles. The van der Waals surface area contributed by atoms with Crippen molar-refractivity contribution >= 4 is 12.2 Å². The summed E-state index contributed by atoms with van der Waals surface area (Å²) in [6.07, 6.45) is 9.17. The first-order valence-electron chi connectivity index (χ1n) is 13.4. The standard InChI is InChI=1S/C35H34O.C2H4/c1-3-4-5-11-26-36-33-24-21-30(22-25-33)20-23-32-14-9-10-15-34(32)35-27-31(17-16-28(35)2)19-18-29-12-7-6-8-13-29;1-2/h6-10,12-19,21-22,24-25,27H,3-5,11,26H2,1-2H3;1-2H2/b19-18+;. The van der Waals surface area contributed by atoms with Crippen LogP contribution in [0.15, 0.2) is 110 Å². The van der Waals surface area contributed by atoms with Crippen LogP contribution in [0.4, 0.5) is 0 Å². The fourth-order valence-electron chi connectivity index (χ4n) is 4.11. The molecule has 192 valence electrons. The minimum atomic E-state index is 0.775. The Kier molecular flexibility index (Phi) is 11.7. The van der Waals surface area contributed by atoms with Crippen molar-refractivity contribution in [3.8, 4) is 28.7 Å². The van der Waals surface area contributed by atoms with Crippen molar-refractivity contribution in [2.75, 3.05) is 6.61 Å². The van der Waals surface area contributed by atoms with Crippen molar-refractivity contribution in [3.05, 3.63) is 138 Å². The lowest BCUT2D eigenvalue weighted by atomic mass is 9.94. The summed E-state index contributed by atoms with van der Waals surface area (Å²) in [5, 5.41) is 0. The topological polar surface area (TPSA) is 9.23 Å². The minimum Gasteiger partial charge on any atom is -0.494 e. The summed E-state index contributed by atoms with van der Waals surface area (Å²) in [6, 6.07) is 33.5. The zero-order valence-corrected chi connectivity index (χ0v) is 22.8. The SMILES string of the molecule is C=C.CCCCCCOc1ccc(C#Cc2ccccc2-c2cc(/C=C/c3ccccc3)ccc2C)cc1. The first-order chi connectivity index (χ1) is 18.7. The van der Waals surface area contributed by atoms with Crippen LogP contribution in [0.5, 0.6) is 5.75 Å². The predicted molar refractivity (Wildman–Crippen MR) is 165 cm³/mol. The molecule has 0 aromatic heterocycles. The zero-order chi connectivity index (χ0) is 27.0. The summed E-state index contributed by atoms with van der Waals surface area (Å²) in [5.41, 5.74) is 7.99. The Morgan fingerprint density at radius 2 is 1.39 bits per heavy atom. The fraction of sp³-hybridized carbons (Fsp3) is 0.189. The summed E-state index contributed by atoms with van der Waals surface area (Å²) in [7, 11) is 0. The third kappa shape index (κ3) is 8.68. The van der Waals surface area contributed by atoms with Crippen molar-refractivity contribution in [2.24, 2.45) is 0 Å². The van der Waals surface area contributed by atoms with Crippen molar-refractivity contribution < 1.29 is 4.74 Å². The number of ether oxygens (including phenoxy) is 1. The first kappa shape index (κ1) is 28.3. The minimum absolute atomic E-state index is 0.775. The second kappa shape index (κ2) is 15.7. The maximum absolute atomic E-state index is 5.87. The van der Waals surface area contributed by atoms with Crippen molar-refractivity contribution in [1.82, 2.24) is 0 Å². The third-order valence-electron chi connectivity index (χ3n) is 6.21. The summed E-state index contributed by atoms with van der Waals surface area (Å²) in [5.74, 6) is 7.66. The molecule has 0 spiro atoms. The van der Waals surface area contributed by atoms with Crippen LogP contribution >= 0.6 is 0 Å². The van der Waals surface area contributed by atoms with E-state index in [1.165, 1.54) is 41.5 Å². The molecule has 0 bridgehead atoms. The van der Waals surface area contributed by atoms with Crippen molar-refractivity contribution in [3.63, 3.8) is 0 Å². The number of benzene rings is 4. The van der Waals surface area contributed by atoms with Crippen LogP contribution in [0.2, 0.25) is 0 Å². The molecule has 1 nitrogen and oxygen atoms in total.